The molecule has 1 fully saturated rings. The minimum atomic E-state index is -0.780. The van der Waals surface area contributed by atoms with Crippen LogP contribution < -0.4 is 5.32 Å². The van der Waals surface area contributed by atoms with E-state index in [-0.39, 0.29) is 0 Å². The minimum Gasteiger partial charge on any atom is -0.310 e. The van der Waals surface area contributed by atoms with Crippen LogP contribution in [0, 0.1) is 11.6 Å². The van der Waals surface area contributed by atoms with E-state index in [1.807, 2.05) is 11.8 Å². The van der Waals surface area contributed by atoms with Gasteiger partial charge >= 0.3 is 0 Å². The lowest BCUT2D eigenvalue weighted by molar-refractivity contribution is 0.499. The fraction of sp³-hybridized carbons (Fsp3) is 0.538. The summed E-state index contributed by atoms with van der Waals surface area (Å²) in [6.45, 7) is 0.614. The molecule has 17 heavy (non-hydrogen) atoms. The van der Waals surface area contributed by atoms with Crippen LogP contribution in [0.15, 0.2) is 18.2 Å². The van der Waals surface area contributed by atoms with Gasteiger partial charge in [-0.1, -0.05) is 6.07 Å². The molecule has 0 aromatic heterocycles. The van der Waals surface area contributed by atoms with Crippen LogP contribution in [0.5, 0.6) is 0 Å². The third-order valence-corrected chi connectivity index (χ3v) is 4.39. The molecule has 1 aliphatic rings. The van der Waals surface area contributed by atoms with Crippen molar-refractivity contribution in [3.63, 3.8) is 0 Å². The molecule has 2 atom stereocenters. The van der Waals surface area contributed by atoms with Gasteiger partial charge in [0.15, 0.2) is 11.6 Å². The highest BCUT2D eigenvalue weighted by Crippen LogP contribution is 2.28. The second-order valence-electron chi connectivity index (χ2n) is 4.50. The van der Waals surface area contributed by atoms with Crippen LogP contribution in [0.1, 0.15) is 24.8 Å². The predicted octanol–water partition coefficient (Wildman–Crippen LogP) is 3.34. The second kappa shape index (κ2) is 5.83. The van der Waals surface area contributed by atoms with Crippen LogP contribution >= 0.6 is 11.8 Å². The fourth-order valence-electron chi connectivity index (χ4n) is 2.25. The molecule has 0 radical (unpaired) electrons. The van der Waals surface area contributed by atoms with Crippen molar-refractivity contribution in [3.05, 3.63) is 35.4 Å². The van der Waals surface area contributed by atoms with Crippen LogP contribution in [-0.2, 0) is 6.54 Å². The smallest absolute Gasteiger partial charge is 0.159 e. The number of rotatable bonds is 4. The largest absolute Gasteiger partial charge is 0.310 e. The number of hydrogen-bond acceptors (Lipinski definition) is 2. The molecule has 1 aromatic carbocycles. The Balaban J connectivity index is 1.84. The van der Waals surface area contributed by atoms with Crippen molar-refractivity contribution >= 4 is 11.8 Å². The molecule has 94 valence electrons. The Labute approximate surface area is 105 Å². The van der Waals surface area contributed by atoms with E-state index in [4.69, 9.17) is 0 Å². The third-order valence-electron chi connectivity index (χ3n) is 3.30. The van der Waals surface area contributed by atoms with Gasteiger partial charge in [-0.25, -0.2) is 8.78 Å². The normalized spacial score (nSPS) is 24.2. The van der Waals surface area contributed by atoms with Crippen LogP contribution in [0.25, 0.3) is 0 Å². The summed E-state index contributed by atoms with van der Waals surface area (Å²) in [5.74, 6) is -1.55. The summed E-state index contributed by atoms with van der Waals surface area (Å²) in [5, 5.41) is 4.15. The SMILES string of the molecule is CSC1CCC(NCc2ccc(F)c(F)c2)C1. The Morgan fingerprint density at radius 3 is 2.76 bits per heavy atom. The van der Waals surface area contributed by atoms with E-state index in [0.717, 1.165) is 10.8 Å². The maximum Gasteiger partial charge on any atom is 0.159 e. The molecule has 0 heterocycles. The first-order valence-corrected chi connectivity index (χ1v) is 7.18. The monoisotopic (exact) mass is 257 g/mol. The summed E-state index contributed by atoms with van der Waals surface area (Å²) >= 11 is 1.91. The first kappa shape index (κ1) is 12.8. The van der Waals surface area contributed by atoms with E-state index in [1.165, 1.54) is 31.4 Å². The van der Waals surface area contributed by atoms with Crippen molar-refractivity contribution < 1.29 is 8.78 Å². The molecule has 4 heteroatoms. The van der Waals surface area contributed by atoms with Gasteiger partial charge in [-0.2, -0.15) is 11.8 Å². The molecule has 0 saturated heterocycles. The van der Waals surface area contributed by atoms with Crippen molar-refractivity contribution in [2.45, 2.75) is 37.1 Å². The van der Waals surface area contributed by atoms with Gasteiger partial charge in [-0.3, -0.25) is 0 Å². The highest BCUT2D eigenvalue weighted by atomic mass is 32.2. The fourth-order valence-corrected chi connectivity index (χ4v) is 3.05. The zero-order valence-electron chi connectivity index (χ0n) is 9.88. The molecule has 0 spiro atoms. The van der Waals surface area contributed by atoms with Gasteiger partial charge in [0.05, 0.1) is 0 Å². The Hall–Kier alpha value is -0.610. The number of halogens is 2. The van der Waals surface area contributed by atoms with Gasteiger partial charge in [0, 0.05) is 17.8 Å². The maximum absolute atomic E-state index is 13.0. The Morgan fingerprint density at radius 2 is 2.12 bits per heavy atom. The molecule has 0 bridgehead atoms. The first-order chi connectivity index (χ1) is 8.19. The summed E-state index contributed by atoms with van der Waals surface area (Å²) in [5.41, 5.74) is 0.802. The maximum atomic E-state index is 13.0. The molecular weight excluding hydrogens is 240 g/mol. The average Bonchev–Trinajstić information content (AvgIpc) is 2.79. The summed E-state index contributed by atoms with van der Waals surface area (Å²) in [6.07, 6.45) is 5.74. The average molecular weight is 257 g/mol. The van der Waals surface area contributed by atoms with Gasteiger partial charge < -0.3 is 5.32 Å². The Morgan fingerprint density at radius 1 is 1.29 bits per heavy atom. The van der Waals surface area contributed by atoms with Crippen molar-refractivity contribution in [1.29, 1.82) is 0 Å². The van der Waals surface area contributed by atoms with Crippen molar-refractivity contribution in [3.8, 4) is 0 Å². The lowest BCUT2D eigenvalue weighted by Crippen LogP contribution is -2.26. The highest BCUT2D eigenvalue weighted by Gasteiger charge is 2.23. The topological polar surface area (TPSA) is 12.0 Å². The zero-order valence-corrected chi connectivity index (χ0v) is 10.7. The molecule has 2 rings (SSSR count). The quantitative estimate of drug-likeness (QED) is 0.888. The number of nitrogens with one attached hydrogen (secondary N) is 1. The molecule has 1 N–H and O–H groups in total. The van der Waals surface area contributed by atoms with E-state index in [2.05, 4.69) is 11.6 Å². The van der Waals surface area contributed by atoms with Crippen molar-refractivity contribution in [1.82, 2.24) is 5.32 Å². The van der Waals surface area contributed by atoms with Gasteiger partial charge in [-0.15, -0.1) is 0 Å². The summed E-state index contributed by atoms with van der Waals surface area (Å²) in [4.78, 5) is 0. The van der Waals surface area contributed by atoms with Crippen LogP contribution in [0.4, 0.5) is 8.78 Å². The molecule has 1 saturated carbocycles. The second-order valence-corrected chi connectivity index (χ2v) is 5.64. The molecular formula is C13H17F2NS. The van der Waals surface area contributed by atoms with E-state index < -0.39 is 11.6 Å². The number of benzene rings is 1. The lowest BCUT2D eigenvalue weighted by atomic mass is 10.2. The van der Waals surface area contributed by atoms with Gasteiger partial charge in [0.1, 0.15) is 0 Å². The molecule has 1 aliphatic carbocycles. The van der Waals surface area contributed by atoms with E-state index in [1.54, 1.807) is 6.07 Å². The Bertz CT molecular complexity index is 384. The van der Waals surface area contributed by atoms with Crippen LogP contribution in [-0.4, -0.2) is 17.5 Å². The minimum absolute atomic E-state index is 0.514. The van der Waals surface area contributed by atoms with Gasteiger partial charge in [0.2, 0.25) is 0 Å². The predicted molar refractivity (Wildman–Crippen MR) is 68.1 cm³/mol. The zero-order chi connectivity index (χ0) is 12.3. The molecule has 0 aliphatic heterocycles. The molecule has 1 aromatic rings. The third kappa shape index (κ3) is 3.42. The van der Waals surface area contributed by atoms with Gasteiger partial charge in [-0.05, 0) is 43.2 Å². The molecule has 0 amide bonds. The van der Waals surface area contributed by atoms with Crippen molar-refractivity contribution in [2.24, 2.45) is 0 Å². The van der Waals surface area contributed by atoms with Crippen LogP contribution in [0.2, 0.25) is 0 Å². The van der Waals surface area contributed by atoms with Crippen LogP contribution in [0.3, 0.4) is 0 Å². The van der Waals surface area contributed by atoms with E-state index in [9.17, 15) is 8.78 Å². The molecule has 1 nitrogen and oxygen atoms in total. The number of hydrogen-bond donors (Lipinski definition) is 1. The number of thioether (sulfide) groups is 1. The van der Waals surface area contributed by atoms with E-state index >= 15 is 0 Å². The summed E-state index contributed by atoms with van der Waals surface area (Å²) in [7, 11) is 0. The van der Waals surface area contributed by atoms with Crippen molar-refractivity contribution in [2.75, 3.05) is 6.26 Å². The highest BCUT2D eigenvalue weighted by molar-refractivity contribution is 7.99. The standard InChI is InChI=1S/C13H17F2NS/c1-17-11-4-3-10(7-11)16-8-9-2-5-12(14)13(15)6-9/h2,5-6,10-11,16H,3-4,7-8H2,1H3. The summed E-state index contributed by atoms with van der Waals surface area (Å²) < 4.78 is 25.7. The summed E-state index contributed by atoms with van der Waals surface area (Å²) in [6, 6.07) is 4.60. The van der Waals surface area contributed by atoms with Gasteiger partial charge in [0.25, 0.3) is 0 Å². The first-order valence-electron chi connectivity index (χ1n) is 5.89. The molecule has 2 unspecified atom stereocenters. The lowest BCUT2D eigenvalue weighted by Gasteiger charge is -2.12. The van der Waals surface area contributed by atoms with E-state index in [0.29, 0.717) is 12.6 Å². The Kier molecular flexibility index (Phi) is 4.40.